The summed E-state index contributed by atoms with van der Waals surface area (Å²) in [5.74, 6) is -3.93. The number of halogens is 4. The van der Waals surface area contributed by atoms with Crippen molar-refractivity contribution in [3.8, 4) is 23.1 Å². The van der Waals surface area contributed by atoms with Gasteiger partial charge in [-0.05, 0) is 12.1 Å². The predicted molar refractivity (Wildman–Crippen MR) is 67.6 cm³/mol. The van der Waals surface area contributed by atoms with Gasteiger partial charge in [-0.3, -0.25) is 0 Å². The highest BCUT2D eigenvalue weighted by molar-refractivity contribution is 5.77. The van der Waals surface area contributed by atoms with E-state index in [4.69, 9.17) is 16.7 Å². The molecule has 1 heterocycles. The molecule has 0 saturated heterocycles. The van der Waals surface area contributed by atoms with E-state index in [0.29, 0.717) is 6.07 Å². The number of hydrogen-bond donors (Lipinski definition) is 3. The second kappa shape index (κ2) is 5.03. The Morgan fingerprint density at radius 3 is 2.36 bits per heavy atom. The van der Waals surface area contributed by atoms with Gasteiger partial charge in [0.1, 0.15) is 17.5 Å². The van der Waals surface area contributed by atoms with E-state index in [1.807, 2.05) is 0 Å². The minimum absolute atomic E-state index is 0.343. The summed E-state index contributed by atoms with van der Waals surface area (Å²) in [5, 5.41) is 18.7. The summed E-state index contributed by atoms with van der Waals surface area (Å²) in [6.45, 7) is 0. The molecule has 2 aromatic rings. The molecule has 5 N–H and O–H groups in total. The van der Waals surface area contributed by atoms with Crippen LogP contribution in [0.3, 0.4) is 0 Å². The average molecular weight is 313 g/mol. The number of nitriles is 1. The van der Waals surface area contributed by atoms with Crippen molar-refractivity contribution in [1.82, 2.24) is 9.97 Å². The minimum atomic E-state index is -4.98. The lowest BCUT2D eigenvalue weighted by molar-refractivity contribution is -0.140. The number of anilines is 2. The van der Waals surface area contributed by atoms with Crippen LogP contribution in [-0.4, -0.2) is 15.1 Å². The first kappa shape index (κ1) is 15.3. The Kier molecular flexibility index (Phi) is 3.50. The van der Waals surface area contributed by atoms with Crippen molar-refractivity contribution in [3.63, 3.8) is 0 Å². The maximum Gasteiger partial charge on any atom is 0.419 e. The zero-order chi connectivity index (χ0) is 16.7. The van der Waals surface area contributed by atoms with E-state index >= 15 is 0 Å². The van der Waals surface area contributed by atoms with Gasteiger partial charge in [-0.2, -0.15) is 23.4 Å². The Labute approximate surface area is 120 Å². The van der Waals surface area contributed by atoms with Crippen LogP contribution in [0.4, 0.5) is 29.3 Å². The fourth-order valence-electron chi connectivity index (χ4n) is 1.78. The lowest BCUT2D eigenvalue weighted by Crippen LogP contribution is -2.09. The van der Waals surface area contributed by atoms with Gasteiger partial charge in [-0.25, -0.2) is 9.37 Å². The number of benzene rings is 1. The van der Waals surface area contributed by atoms with Crippen molar-refractivity contribution < 1.29 is 22.7 Å². The molecule has 2 rings (SSSR count). The SMILES string of the molecule is N#Cc1c(N)nc(N)nc1-c1ccc(C(F)(F)F)c(F)c1O. The van der Waals surface area contributed by atoms with Crippen molar-refractivity contribution in [2.75, 3.05) is 11.5 Å². The largest absolute Gasteiger partial charge is 0.504 e. The zero-order valence-corrected chi connectivity index (χ0v) is 10.6. The lowest BCUT2D eigenvalue weighted by atomic mass is 10.0. The molecule has 0 fully saturated rings. The van der Waals surface area contributed by atoms with Gasteiger partial charge >= 0.3 is 6.18 Å². The number of phenolic OH excluding ortho intramolecular Hbond substituents is 1. The highest BCUT2D eigenvalue weighted by Gasteiger charge is 2.36. The molecule has 0 aliphatic heterocycles. The summed E-state index contributed by atoms with van der Waals surface area (Å²) in [4.78, 5) is 7.13. The summed E-state index contributed by atoms with van der Waals surface area (Å²) in [7, 11) is 0. The first-order valence-electron chi connectivity index (χ1n) is 5.59. The van der Waals surface area contributed by atoms with Crippen LogP contribution in [0.5, 0.6) is 5.75 Å². The fourth-order valence-corrected chi connectivity index (χ4v) is 1.78. The molecule has 22 heavy (non-hydrogen) atoms. The maximum atomic E-state index is 13.7. The first-order chi connectivity index (χ1) is 10.2. The number of rotatable bonds is 1. The average Bonchev–Trinajstić information content (AvgIpc) is 2.39. The van der Waals surface area contributed by atoms with Crippen molar-refractivity contribution >= 4 is 11.8 Å². The Morgan fingerprint density at radius 2 is 1.82 bits per heavy atom. The third-order valence-corrected chi connectivity index (χ3v) is 2.74. The van der Waals surface area contributed by atoms with E-state index in [-0.39, 0.29) is 23.0 Å². The normalized spacial score (nSPS) is 11.2. The molecule has 0 unspecified atom stereocenters. The number of nitrogen functional groups attached to an aromatic ring is 2. The minimum Gasteiger partial charge on any atom is -0.504 e. The number of phenols is 1. The molecule has 6 nitrogen and oxygen atoms in total. The van der Waals surface area contributed by atoms with Crippen molar-refractivity contribution in [1.29, 1.82) is 5.26 Å². The lowest BCUT2D eigenvalue weighted by Gasteiger charge is -2.13. The van der Waals surface area contributed by atoms with E-state index in [2.05, 4.69) is 9.97 Å². The molecule has 1 aromatic heterocycles. The molecule has 0 saturated carbocycles. The number of hydrogen-bond acceptors (Lipinski definition) is 6. The van der Waals surface area contributed by atoms with Crippen LogP contribution in [0.2, 0.25) is 0 Å². The molecule has 0 bridgehead atoms. The summed E-state index contributed by atoms with van der Waals surface area (Å²) < 4.78 is 51.4. The van der Waals surface area contributed by atoms with Crippen LogP contribution >= 0.6 is 0 Å². The maximum absolute atomic E-state index is 13.7. The van der Waals surface area contributed by atoms with Gasteiger partial charge in [0.05, 0.1) is 11.3 Å². The van der Waals surface area contributed by atoms with Gasteiger partial charge in [-0.1, -0.05) is 0 Å². The molecule has 0 atom stereocenters. The van der Waals surface area contributed by atoms with Gasteiger partial charge in [0, 0.05) is 5.56 Å². The van der Waals surface area contributed by atoms with E-state index in [1.165, 1.54) is 0 Å². The molecule has 0 aliphatic rings. The van der Waals surface area contributed by atoms with Crippen LogP contribution in [-0.2, 0) is 6.18 Å². The Morgan fingerprint density at radius 1 is 1.18 bits per heavy atom. The number of nitrogens with two attached hydrogens (primary N) is 2. The summed E-state index contributed by atoms with van der Waals surface area (Å²) >= 11 is 0. The second-order valence-electron chi connectivity index (χ2n) is 4.12. The molecule has 0 spiro atoms. The first-order valence-corrected chi connectivity index (χ1v) is 5.59. The summed E-state index contributed by atoms with van der Waals surface area (Å²) in [6.07, 6.45) is -4.98. The molecular formula is C12H7F4N5O. The third kappa shape index (κ3) is 2.44. The molecule has 1 aromatic carbocycles. The molecule has 0 radical (unpaired) electrons. The smallest absolute Gasteiger partial charge is 0.419 e. The summed E-state index contributed by atoms with van der Waals surface area (Å²) in [6, 6.07) is 2.80. The molecular weight excluding hydrogens is 306 g/mol. The van der Waals surface area contributed by atoms with Crippen LogP contribution in [0.25, 0.3) is 11.3 Å². The number of nitrogens with zero attached hydrogens (tertiary/aromatic N) is 3. The zero-order valence-electron chi connectivity index (χ0n) is 10.6. The standard InChI is InChI=1S/C12H7F4N5O/c13-7-6(12(14,15)16)2-1-4(9(7)22)8-5(3-17)10(18)21-11(19)20-8/h1-2,22H,(H4,18,19,20,21). The van der Waals surface area contributed by atoms with E-state index in [0.717, 1.165) is 6.07 Å². The van der Waals surface area contributed by atoms with Gasteiger partial charge in [0.15, 0.2) is 11.6 Å². The summed E-state index contributed by atoms with van der Waals surface area (Å²) in [5.41, 5.74) is 7.98. The number of alkyl halides is 3. The molecule has 10 heteroatoms. The van der Waals surface area contributed by atoms with Gasteiger partial charge < -0.3 is 16.6 Å². The Hall–Kier alpha value is -3.09. The predicted octanol–water partition coefficient (Wildman–Crippen LogP) is 2.04. The highest BCUT2D eigenvalue weighted by atomic mass is 19.4. The van der Waals surface area contributed by atoms with E-state index < -0.39 is 28.9 Å². The number of aromatic nitrogens is 2. The van der Waals surface area contributed by atoms with E-state index in [9.17, 15) is 22.7 Å². The highest BCUT2D eigenvalue weighted by Crippen LogP contribution is 2.40. The van der Waals surface area contributed by atoms with E-state index in [1.54, 1.807) is 6.07 Å². The van der Waals surface area contributed by atoms with Crippen molar-refractivity contribution in [3.05, 3.63) is 29.1 Å². The Bertz CT molecular complexity index is 798. The van der Waals surface area contributed by atoms with Crippen LogP contribution in [0.15, 0.2) is 12.1 Å². The van der Waals surface area contributed by atoms with Crippen molar-refractivity contribution in [2.45, 2.75) is 6.18 Å². The van der Waals surface area contributed by atoms with Crippen LogP contribution < -0.4 is 11.5 Å². The molecule has 114 valence electrons. The van der Waals surface area contributed by atoms with Gasteiger partial charge in [-0.15, -0.1) is 0 Å². The monoisotopic (exact) mass is 313 g/mol. The van der Waals surface area contributed by atoms with Crippen molar-refractivity contribution in [2.24, 2.45) is 0 Å². The van der Waals surface area contributed by atoms with Crippen LogP contribution in [0, 0.1) is 17.1 Å². The Balaban J connectivity index is 2.76. The molecule has 0 aliphatic carbocycles. The fraction of sp³-hybridized carbons (Fsp3) is 0.0833. The van der Waals surface area contributed by atoms with Gasteiger partial charge in [0.25, 0.3) is 0 Å². The number of aromatic hydroxyl groups is 1. The van der Waals surface area contributed by atoms with Gasteiger partial charge in [0.2, 0.25) is 5.95 Å². The van der Waals surface area contributed by atoms with Crippen LogP contribution in [0.1, 0.15) is 11.1 Å². The topological polar surface area (TPSA) is 122 Å². The third-order valence-electron chi connectivity index (χ3n) is 2.74. The quantitative estimate of drug-likeness (QED) is 0.693. The molecule has 0 amide bonds. The second-order valence-corrected chi connectivity index (χ2v) is 4.12.